The van der Waals surface area contributed by atoms with Crippen LogP contribution in [0.5, 0.6) is 0 Å². The van der Waals surface area contributed by atoms with Gasteiger partial charge in [0, 0.05) is 12.2 Å². The van der Waals surface area contributed by atoms with Gasteiger partial charge in [0.15, 0.2) is 0 Å². The van der Waals surface area contributed by atoms with Crippen LogP contribution in [0.3, 0.4) is 0 Å². The summed E-state index contributed by atoms with van der Waals surface area (Å²) >= 11 is 4.24. The molecule has 0 aromatic carbocycles. The topological polar surface area (TPSA) is 18.5 Å². The Kier molecular flexibility index (Phi) is 12.4. The molecule has 0 atom stereocenters. The summed E-state index contributed by atoms with van der Waals surface area (Å²) in [6, 6.07) is 1.12. The molecule has 0 fully saturated rings. The molecule has 0 heterocycles. The summed E-state index contributed by atoms with van der Waals surface area (Å²) in [6.07, 6.45) is 9.77. The van der Waals surface area contributed by atoms with E-state index in [9.17, 15) is 0 Å². The molecular formula is C16H36O2SSi. The fraction of sp³-hybridized carbons (Fsp3) is 1.00. The lowest BCUT2D eigenvalue weighted by molar-refractivity contribution is 0.109. The fourth-order valence-electron chi connectivity index (χ4n) is 2.58. The molecule has 0 aromatic rings. The van der Waals surface area contributed by atoms with Gasteiger partial charge in [-0.3, -0.25) is 0 Å². The van der Waals surface area contributed by atoms with Gasteiger partial charge >= 0.3 is 8.56 Å². The van der Waals surface area contributed by atoms with Gasteiger partial charge in [0.1, 0.15) is 0 Å². The maximum atomic E-state index is 6.12. The summed E-state index contributed by atoms with van der Waals surface area (Å²) in [5, 5.41) is 0. The van der Waals surface area contributed by atoms with Crippen LogP contribution >= 0.6 is 12.6 Å². The Morgan fingerprint density at radius 1 is 0.750 bits per heavy atom. The van der Waals surface area contributed by atoms with Crippen LogP contribution in [0.2, 0.25) is 12.6 Å². The average molecular weight is 321 g/mol. The summed E-state index contributed by atoms with van der Waals surface area (Å²) < 4.78 is 12.2. The summed E-state index contributed by atoms with van der Waals surface area (Å²) in [7, 11) is -1.97. The van der Waals surface area contributed by atoms with Crippen LogP contribution in [-0.4, -0.2) is 26.5 Å². The average Bonchev–Trinajstić information content (AvgIpc) is 2.30. The molecule has 0 aliphatic carbocycles. The maximum absolute atomic E-state index is 6.12. The molecule has 0 aliphatic heterocycles. The molecule has 0 spiro atoms. The van der Waals surface area contributed by atoms with E-state index >= 15 is 0 Å². The van der Waals surface area contributed by atoms with Crippen LogP contribution in [0.25, 0.3) is 0 Å². The second kappa shape index (κ2) is 12.1. The highest BCUT2D eigenvalue weighted by atomic mass is 32.1. The zero-order chi connectivity index (χ0) is 15.4. The van der Waals surface area contributed by atoms with E-state index in [0.29, 0.717) is 0 Å². The highest BCUT2D eigenvalue weighted by Gasteiger charge is 2.33. The van der Waals surface area contributed by atoms with Crippen molar-refractivity contribution >= 4 is 21.2 Å². The standard InChI is InChI=1S/C16H36O2SSi/c1-15(2)17-20(5,18-16(3)4)14-12-10-8-6-7-9-11-13-19/h15-16,19H,6-14H2,1-5H3. The molecule has 0 aromatic heterocycles. The van der Waals surface area contributed by atoms with E-state index in [4.69, 9.17) is 8.85 Å². The first-order chi connectivity index (χ1) is 9.39. The third kappa shape index (κ3) is 12.2. The Balaban J connectivity index is 3.79. The number of hydrogen-bond donors (Lipinski definition) is 1. The van der Waals surface area contributed by atoms with Crippen molar-refractivity contribution in [2.75, 3.05) is 5.75 Å². The van der Waals surface area contributed by atoms with E-state index in [1.54, 1.807) is 0 Å². The Morgan fingerprint density at radius 2 is 1.15 bits per heavy atom. The predicted molar refractivity (Wildman–Crippen MR) is 95.0 cm³/mol. The van der Waals surface area contributed by atoms with Gasteiger partial charge in [0.05, 0.1) is 0 Å². The molecule has 4 heteroatoms. The molecule has 0 rings (SSSR count). The van der Waals surface area contributed by atoms with Crippen LogP contribution in [0.15, 0.2) is 0 Å². The summed E-state index contributed by atoms with van der Waals surface area (Å²) in [4.78, 5) is 0. The molecule has 20 heavy (non-hydrogen) atoms. The molecule has 2 nitrogen and oxygen atoms in total. The lowest BCUT2D eigenvalue weighted by Gasteiger charge is -2.31. The summed E-state index contributed by atoms with van der Waals surface area (Å²) in [5.41, 5.74) is 0. The van der Waals surface area contributed by atoms with Gasteiger partial charge in [0.25, 0.3) is 0 Å². The second-order valence-electron chi connectivity index (χ2n) is 6.42. The van der Waals surface area contributed by atoms with Crippen LogP contribution in [0.1, 0.15) is 72.6 Å². The first kappa shape index (κ1) is 20.5. The van der Waals surface area contributed by atoms with Crippen molar-refractivity contribution in [2.24, 2.45) is 0 Å². The smallest absolute Gasteiger partial charge is 0.335 e. The minimum absolute atomic E-state index is 0.270. The molecule has 0 N–H and O–H groups in total. The van der Waals surface area contributed by atoms with E-state index in [0.717, 1.165) is 11.8 Å². The van der Waals surface area contributed by atoms with Crippen LogP contribution in [0.4, 0.5) is 0 Å². The first-order valence-corrected chi connectivity index (χ1v) is 11.5. The van der Waals surface area contributed by atoms with Crippen LogP contribution in [-0.2, 0) is 8.85 Å². The molecule has 0 unspecified atom stereocenters. The Hall–Kier alpha value is 0.487. The fourth-order valence-corrected chi connectivity index (χ4v) is 5.99. The Bertz CT molecular complexity index is 213. The summed E-state index contributed by atoms with van der Waals surface area (Å²) in [6.45, 7) is 10.7. The van der Waals surface area contributed by atoms with Gasteiger partial charge in [-0.15, -0.1) is 0 Å². The first-order valence-electron chi connectivity index (χ1n) is 8.36. The summed E-state index contributed by atoms with van der Waals surface area (Å²) in [5.74, 6) is 1.03. The number of thiol groups is 1. The van der Waals surface area contributed by atoms with Gasteiger partial charge in [-0.2, -0.15) is 12.6 Å². The van der Waals surface area contributed by atoms with Crippen molar-refractivity contribution < 1.29 is 8.85 Å². The van der Waals surface area contributed by atoms with Crippen molar-refractivity contribution in [1.82, 2.24) is 0 Å². The molecule has 122 valence electrons. The monoisotopic (exact) mass is 320 g/mol. The highest BCUT2D eigenvalue weighted by molar-refractivity contribution is 7.80. The van der Waals surface area contributed by atoms with Crippen molar-refractivity contribution in [1.29, 1.82) is 0 Å². The molecule has 0 saturated heterocycles. The quantitative estimate of drug-likeness (QED) is 0.272. The predicted octanol–water partition coefficient (Wildman–Crippen LogP) is 5.57. The molecule has 0 saturated carbocycles. The number of rotatable bonds is 13. The minimum atomic E-state index is -1.97. The Labute approximate surface area is 133 Å². The maximum Gasteiger partial charge on any atom is 0.335 e. The molecule has 0 radical (unpaired) electrons. The lowest BCUT2D eigenvalue weighted by Crippen LogP contribution is -2.42. The van der Waals surface area contributed by atoms with Gasteiger partial charge < -0.3 is 8.85 Å². The van der Waals surface area contributed by atoms with Crippen molar-refractivity contribution in [2.45, 2.75) is 97.4 Å². The van der Waals surface area contributed by atoms with Crippen molar-refractivity contribution in [3.8, 4) is 0 Å². The van der Waals surface area contributed by atoms with E-state index in [-0.39, 0.29) is 12.2 Å². The number of hydrogen-bond acceptors (Lipinski definition) is 3. The zero-order valence-corrected chi connectivity index (χ0v) is 16.2. The molecule has 0 aliphatic rings. The number of unbranched alkanes of at least 4 members (excludes halogenated alkanes) is 6. The van der Waals surface area contributed by atoms with Crippen molar-refractivity contribution in [3.05, 3.63) is 0 Å². The van der Waals surface area contributed by atoms with E-state index < -0.39 is 8.56 Å². The molecule has 0 bridgehead atoms. The largest absolute Gasteiger partial charge is 0.392 e. The van der Waals surface area contributed by atoms with Crippen molar-refractivity contribution in [3.63, 3.8) is 0 Å². The normalized spacial score (nSPS) is 12.6. The van der Waals surface area contributed by atoms with Gasteiger partial charge in [-0.1, -0.05) is 38.5 Å². The minimum Gasteiger partial charge on any atom is -0.392 e. The molecule has 0 amide bonds. The van der Waals surface area contributed by atoms with Crippen LogP contribution < -0.4 is 0 Å². The highest BCUT2D eigenvalue weighted by Crippen LogP contribution is 2.22. The van der Waals surface area contributed by atoms with Gasteiger partial charge in [-0.05, 0) is 52.5 Å². The van der Waals surface area contributed by atoms with E-state index in [1.165, 1.54) is 44.9 Å². The lowest BCUT2D eigenvalue weighted by atomic mass is 10.1. The van der Waals surface area contributed by atoms with E-state index in [2.05, 4.69) is 46.9 Å². The SMILES string of the molecule is CC(C)O[Si](C)(CCCCCCCCCS)OC(C)C. The Morgan fingerprint density at radius 3 is 1.55 bits per heavy atom. The van der Waals surface area contributed by atoms with Crippen LogP contribution in [0, 0.1) is 0 Å². The van der Waals surface area contributed by atoms with Gasteiger partial charge in [0.2, 0.25) is 0 Å². The zero-order valence-electron chi connectivity index (χ0n) is 14.3. The second-order valence-corrected chi connectivity index (χ2v) is 10.1. The third-order valence-electron chi connectivity index (χ3n) is 3.26. The van der Waals surface area contributed by atoms with E-state index in [1.807, 2.05) is 0 Å². The molecular weight excluding hydrogens is 284 g/mol. The third-order valence-corrected chi connectivity index (χ3v) is 6.78. The van der Waals surface area contributed by atoms with Gasteiger partial charge in [-0.25, -0.2) is 0 Å².